The van der Waals surface area contributed by atoms with Gasteiger partial charge in [0.2, 0.25) is 11.8 Å². The lowest BCUT2D eigenvalue weighted by Gasteiger charge is -2.03. The number of anilines is 1. The van der Waals surface area contributed by atoms with Crippen LogP contribution in [0, 0.1) is 13.8 Å². The van der Waals surface area contributed by atoms with Gasteiger partial charge in [-0.1, -0.05) is 29.8 Å². The predicted molar refractivity (Wildman–Crippen MR) is 118 cm³/mol. The van der Waals surface area contributed by atoms with E-state index in [1.165, 1.54) is 11.6 Å². The summed E-state index contributed by atoms with van der Waals surface area (Å²) in [5.74, 6) is 0.304. The molecule has 0 bridgehead atoms. The van der Waals surface area contributed by atoms with Crippen molar-refractivity contribution >= 4 is 40.4 Å². The molecule has 1 heterocycles. The van der Waals surface area contributed by atoms with Crippen molar-refractivity contribution in [1.29, 1.82) is 0 Å². The van der Waals surface area contributed by atoms with E-state index in [0.717, 1.165) is 27.8 Å². The zero-order valence-electron chi connectivity index (χ0n) is 16.1. The molecule has 1 aromatic heterocycles. The van der Waals surface area contributed by atoms with Gasteiger partial charge in [0, 0.05) is 22.3 Å². The largest absolute Gasteiger partial charge is 0.436 e. The van der Waals surface area contributed by atoms with Crippen LogP contribution >= 0.6 is 11.6 Å². The number of fused-ring (bicyclic) bond motifs is 1. The number of rotatable bonds is 4. The first-order valence-electron chi connectivity index (χ1n) is 9.21. The second-order valence-corrected chi connectivity index (χ2v) is 7.31. The Balaban J connectivity index is 1.52. The van der Waals surface area contributed by atoms with E-state index in [0.29, 0.717) is 16.6 Å². The van der Waals surface area contributed by atoms with Crippen molar-refractivity contribution in [2.24, 2.45) is 0 Å². The van der Waals surface area contributed by atoms with Gasteiger partial charge < -0.3 is 9.73 Å². The number of carbonyl (C=O) groups excluding carboxylic acids is 1. The summed E-state index contributed by atoms with van der Waals surface area (Å²) in [5, 5.41) is 3.52. The maximum atomic E-state index is 12.3. The number of nitrogens with zero attached hydrogens (tertiary/aromatic N) is 1. The molecule has 0 atom stereocenters. The summed E-state index contributed by atoms with van der Waals surface area (Å²) in [6.45, 7) is 4.10. The van der Waals surface area contributed by atoms with Crippen LogP contribution in [0.1, 0.15) is 16.7 Å². The molecule has 0 aliphatic heterocycles. The number of oxazole rings is 1. The molecule has 0 spiro atoms. The van der Waals surface area contributed by atoms with E-state index < -0.39 is 0 Å². The third-order valence-electron chi connectivity index (χ3n) is 4.68. The molecule has 0 radical (unpaired) electrons. The van der Waals surface area contributed by atoms with Crippen molar-refractivity contribution < 1.29 is 9.21 Å². The van der Waals surface area contributed by atoms with E-state index >= 15 is 0 Å². The van der Waals surface area contributed by atoms with Gasteiger partial charge in [-0.05, 0) is 79.1 Å². The summed E-state index contributed by atoms with van der Waals surface area (Å²) >= 11 is 5.87. The monoisotopic (exact) mass is 402 g/mol. The molecule has 0 saturated carbocycles. The fraction of sp³-hybridized carbons (Fsp3) is 0.0833. The van der Waals surface area contributed by atoms with Crippen LogP contribution in [0.4, 0.5) is 5.69 Å². The van der Waals surface area contributed by atoms with Gasteiger partial charge >= 0.3 is 0 Å². The second-order valence-electron chi connectivity index (χ2n) is 6.88. The maximum absolute atomic E-state index is 12.3. The summed E-state index contributed by atoms with van der Waals surface area (Å²) in [6.07, 6.45) is 3.22. The van der Waals surface area contributed by atoms with Crippen LogP contribution in [0.3, 0.4) is 0 Å². The molecule has 1 N–H and O–H groups in total. The van der Waals surface area contributed by atoms with Crippen LogP contribution in [0.15, 0.2) is 71.2 Å². The molecule has 3 aromatic carbocycles. The number of hydrogen-bond donors (Lipinski definition) is 1. The molecule has 4 aromatic rings. The van der Waals surface area contributed by atoms with Gasteiger partial charge in [0.25, 0.3) is 0 Å². The molecule has 0 unspecified atom stereocenters. The lowest BCUT2D eigenvalue weighted by molar-refractivity contribution is -0.111. The van der Waals surface area contributed by atoms with Gasteiger partial charge in [-0.15, -0.1) is 0 Å². The van der Waals surface area contributed by atoms with Gasteiger partial charge in [0.15, 0.2) is 5.58 Å². The molecular formula is C24H19ClN2O2. The van der Waals surface area contributed by atoms with E-state index in [4.69, 9.17) is 16.0 Å². The zero-order chi connectivity index (χ0) is 20.4. The quantitative estimate of drug-likeness (QED) is 0.401. The normalized spacial score (nSPS) is 11.3. The molecule has 0 fully saturated rings. The number of carbonyl (C=O) groups is 1. The highest BCUT2D eigenvalue weighted by atomic mass is 35.5. The Hall–Kier alpha value is -3.37. The average Bonchev–Trinajstić information content (AvgIpc) is 3.11. The highest BCUT2D eigenvalue weighted by Crippen LogP contribution is 2.27. The molecule has 29 heavy (non-hydrogen) atoms. The van der Waals surface area contributed by atoms with Crippen LogP contribution in [0.25, 0.3) is 28.6 Å². The van der Waals surface area contributed by atoms with E-state index in [1.807, 2.05) is 55.5 Å². The summed E-state index contributed by atoms with van der Waals surface area (Å²) in [5.41, 5.74) is 6.28. The van der Waals surface area contributed by atoms with Crippen molar-refractivity contribution in [2.75, 3.05) is 5.32 Å². The molecule has 1 amide bonds. The number of hydrogen-bond acceptors (Lipinski definition) is 3. The van der Waals surface area contributed by atoms with Gasteiger partial charge in [-0.3, -0.25) is 4.79 Å². The van der Waals surface area contributed by atoms with Crippen LogP contribution in [-0.2, 0) is 4.79 Å². The SMILES string of the molecule is Cc1cc2nc(-c3cccc(NC(=O)/C=C/c4ccc(Cl)cc4)c3)oc2cc1C. The zero-order valence-corrected chi connectivity index (χ0v) is 16.8. The van der Waals surface area contributed by atoms with E-state index in [1.54, 1.807) is 18.2 Å². The van der Waals surface area contributed by atoms with Crippen LogP contribution in [0.2, 0.25) is 5.02 Å². The Kier molecular flexibility index (Phi) is 5.19. The van der Waals surface area contributed by atoms with Crippen LogP contribution in [-0.4, -0.2) is 10.9 Å². The number of halogens is 1. The molecule has 4 nitrogen and oxygen atoms in total. The smallest absolute Gasteiger partial charge is 0.248 e. The fourth-order valence-electron chi connectivity index (χ4n) is 2.96. The average molecular weight is 403 g/mol. The second kappa shape index (κ2) is 7.94. The number of benzene rings is 3. The first kappa shape index (κ1) is 19.0. The molecule has 0 aliphatic rings. The van der Waals surface area contributed by atoms with Crippen molar-refractivity contribution in [2.45, 2.75) is 13.8 Å². The van der Waals surface area contributed by atoms with Gasteiger partial charge in [-0.2, -0.15) is 0 Å². The number of aryl methyl sites for hydroxylation is 2. The Bertz CT molecular complexity index is 1180. The standard InChI is InChI=1S/C24H19ClN2O2/c1-15-12-21-22(13-16(15)2)29-24(27-21)18-4-3-5-20(14-18)26-23(28)11-8-17-6-9-19(25)10-7-17/h3-14H,1-2H3,(H,26,28)/b11-8+. The van der Waals surface area contributed by atoms with Crippen molar-refractivity contribution in [3.8, 4) is 11.5 Å². The first-order chi connectivity index (χ1) is 14.0. The Labute approximate surface area is 173 Å². The minimum Gasteiger partial charge on any atom is -0.436 e. The number of aromatic nitrogens is 1. The van der Waals surface area contributed by atoms with E-state index in [2.05, 4.69) is 17.2 Å². The molecular weight excluding hydrogens is 384 g/mol. The predicted octanol–water partition coefficient (Wildman–Crippen LogP) is 6.42. The summed E-state index contributed by atoms with van der Waals surface area (Å²) < 4.78 is 5.92. The molecule has 0 aliphatic carbocycles. The topological polar surface area (TPSA) is 55.1 Å². The summed E-state index contributed by atoms with van der Waals surface area (Å²) in [4.78, 5) is 16.8. The van der Waals surface area contributed by atoms with E-state index in [9.17, 15) is 4.79 Å². The minimum absolute atomic E-state index is 0.221. The highest BCUT2D eigenvalue weighted by Gasteiger charge is 2.10. The highest BCUT2D eigenvalue weighted by molar-refractivity contribution is 6.30. The lowest BCUT2D eigenvalue weighted by Crippen LogP contribution is -2.07. The number of amides is 1. The van der Waals surface area contributed by atoms with Crippen LogP contribution in [0.5, 0.6) is 0 Å². The number of nitrogens with one attached hydrogen (secondary N) is 1. The minimum atomic E-state index is -0.221. The van der Waals surface area contributed by atoms with E-state index in [-0.39, 0.29) is 5.91 Å². The Morgan fingerprint density at radius 1 is 1.03 bits per heavy atom. The lowest BCUT2D eigenvalue weighted by atomic mass is 10.1. The van der Waals surface area contributed by atoms with Gasteiger partial charge in [0.05, 0.1) is 0 Å². The van der Waals surface area contributed by atoms with Crippen molar-refractivity contribution in [3.05, 3.63) is 88.5 Å². The molecule has 0 saturated heterocycles. The maximum Gasteiger partial charge on any atom is 0.248 e. The molecule has 144 valence electrons. The molecule has 4 rings (SSSR count). The molecule has 5 heteroatoms. The Morgan fingerprint density at radius 2 is 1.79 bits per heavy atom. The van der Waals surface area contributed by atoms with Crippen LogP contribution < -0.4 is 5.32 Å². The van der Waals surface area contributed by atoms with Gasteiger partial charge in [0.1, 0.15) is 5.52 Å². The fourth-order valence-corrected chi connectivity index (χ4v) is 3.09. The van der Waals surface area contributed by atoms with Crippen molar-refractivity contribution in [1.82, 2.24) is 4.98 Å². The van der Waals surface area contributed by atoms with Crippen molar-refractivity contribution in [3.63, 3.8) is 0 Å². The first-order valence-corrected chi connectivity index (χ1v) is 9.58. The third-order valence-corrected chi connectivity index (χ3v) is 4.93. The summed E-state index contributed by atoms with van der Waals surface area (Å²) in [7, 11) is 0. The summed E-state index contributed by atoms with van der Waals surface area (Å²) in [6, 6.07) is 18.7. The third kappa shape index (κ3) is 4.39. The Morgan fingerprint density at radius 3 is 2.59 bits per heavy atom. The van der Waals surface area contributed by atoms with Gasteiger partial charge in [-0.25, -0.2) is 4.98 Å².